The lowest BCUT2D eigenvalue weighted by Gasteiger charge is -2.36. The van der Waals surface area contributed by atoms with Gasteiger partial charge in [0.05, 0.1) is 31.1 Å². The van der Waals surface area contributed by atoms with Crippen molar-refractivity contribution in [3.63, 3.8) is 0 Å². The van der Waals surface area contributed by atoms with Crippen LogP contribution in [0.3, 0.4) is 0 Å². The van der Waals surface area contributed by atoms with Gasteiger partial charge >= 0.3 is 0 Å². The van der Waals surface area contributed by atoms with Gasteiger partial charge in [0.2, 0.25) is 0 Å². The van der Waals surface area contributed by atoms with Crippen LogP contribution in [0.15, 0.2) is 42.5 Å². The van der Waals surface area contributed by atoms with E-state index in [1.807, 2.05) is 42.5 Å². The number of thiophene rings is 1. The first-order chi connectivity index (χ1) is 16.9. The van der Waals surface area contributed by atoms with Crippen LogP contribution in [0.2, 0.25) is 0 Å². The predicted molar refractivity (Wildman–Crippen MR) is 142 cm³/mol. The Morgan fingerprint density at radius 1 is 1.11 bits per heavy atom. The van der Waals surface area contributed by atoms with Gasteiger partial charge in [0, 0.05) is 41.5 Å². The third-order valence-corrected chi connectivity index (χ3v) is 7.93. The first-order valence-electron chi connectivity index (χ1n) is 11.9. The average molecular weight is 489 g/mol. The Labute approximate surface area is 207 Å². The van der Waals surface area contributed by atoms with Crippen LogP contribution in [-0.4, -0.2) is 42.8 Å². The molecule has 1 saturated heterocycles. The van der Waals surface area contributed by atoms with Crippen molar-refractivity contribution in [3.8, 4) is 0 Å². The van der Waals surface area contributed by atoms with E-state index in [-0.39, 0.29) is 11.5 Å². The van der Waals surface area contributed by atoms with Crippen LogP contribution in [0, 0.1) is 0 Å². The number of rotatable bonds is 3. The van der Waals surface area contributed by atoms with Gasteiger partial charge in [0.15, 0.2) is 0 Å². The highest BCUT2D eigenvalue weighted by Gasteiger charge is 2.34. The minimum atomic E-state index is -0.316. The number of carbonyl (C=O) groups excluding carboxylic acids is 1. The van der Waals surface area contributed by atoms with Crippen LogP contribution in [0.5, 0.6) is 0 Å². The molecule has 8 heteroatoms. The highest BCUT2D eigenvalue weighted by molar-refractivity contribution is 7.21. The maximum absolute atomic E-state index is 13.5. The van der Waals surface area contributed by atoms with Crippen molar-refractivity contribution in [3.05, 3.63) is 58.5 Å². The molecule has 6 rings (SSSR count). The van der Waals surface area contributed by atoms with Crippen molar-refractivity contribution in [2.24, 2.45) is 0 Å². The van der Waals surface area contributed by atoms with Gasteiger partial charge in [0.25, 0.3) is 5.91 Å². The molecule has 4 heterocycles. The van der Waals surface area contributed by atoms with E-state index < -0.39 is 0 Å². The number of hydrogen-bond acceptors (Lipinski definition) is 7. The molecule has 2 aliphatic rings. The van der Waals surface area contributed by atoms with Gasteiger partial charge in [-0.15, -0.1) is 11.3 Å². The number of nitrogens with two attached hydrogens (primary N) is 1. The molecule has 2 aromatic heterocycles. The Morgan fingerprint density at radius 2 is 1.89 bits per heavy atom. The minimum absolute atomic E-state index is 0.213. The second-order valence-electron chi connectivity index (χ2n) is 9.72. The SMILES string of the molecule is CC1(C)Cc2c(c(N3CCOCC3)nc3sc(C(=O)Nc4cccc5ccccc45)c(N)c23)CO1. The maximum atomic E-state index is 13.5. The lowest BCUT2D eigenvalue weighted by Crippen LogP contribution is -2.39. The summed E-state index contributed by atoms with van der Waals surface area (Å²) in [5.74, 6) is 0.711. The van der Waals surface area contributed by atoms with Crippen molar-refractivity contribution in [1.82, 2.24) is 4.98 Å². The molecule has 0 unspecified atom stereocenters. The number of anilines is 3. The summed E-state index contributed by atoms with van der Waals surface area (Å²) in [5, 5.41) is 6.04. The van der Waals surface area contributed by atoms with Crippen molar-refractivity contribution in [2.75, 3.05) is 42.3 Å². The van der Waals surface area contributed by atoms with Crippen molar-refractivity contribution in [2.45, 2.75) is 32.5 Å². The van der Waals surface area contributed by atoms with Crippen LogP contribution in [0.25, 0.3) is 21.0 Å². The van der Waals surface area contributed by atoms with Crippen LogP contribution < -0.4 is 16.0 Å². The largest absolute Gasteiger partial charge is 0.397 e. The van der Waals surface area contributed by atoms with Gasteiger partial charge in [-0.25, -0.2) is 4.98 Å². The van der Waals surface area contributed by atoms with E-state index in [1.165, 1.54) is 11.3 Å². The number of aromatic nitrogens is 1. The summed E-state index contributed by atoms with van der Waals surface area (Å²) in [7, 11) is 0. The third kappa shape index (κ3) is 3.91. The quantitative estimate of drug-likeness (QED) is 0.423. The minimum Gasteiger partial charge on any atom is -0.397 e. The van der Waals surface area contributed by atoms with Gasteiger partial charge in [0.1, 0.15) is 15.5 Å². The summed E-state index contributed by atoms with van der Waals surface area (Å²) in [6.07, 6.45) is 0.712. The summed E-state index contributed by atoms with van der Waals surface area (Å²) in [4.78, 5) is 22.0. The highest BCUT2D eigenvalue weighted by atomic mass is 32.1. The Hall–Kier alpha value is -3.20. The van der Waals surface area contributed by atoms with Gasteiger partial charge in [-0.1, -0.05) is 36.4 Å². The molecule has 7 nitrogen and oxygen atoms in total. The molecule has 0 saturated carbocycles. The summed E-state index contributed by atoms with van der Waals surface area (Å²) in [5.41, 5.74) is 9.85. The molecular weight excluding hydrogens is 460 g/mol. The normalized spacial score (nSPS) is 17.5. The number of nitrogens with zero attached hydrogens (tertiary/aromatic N) is 2. The Bertz CT molecular complexity index is 1450. The summed E-state index contributed by atoms with van der Waals surface area (Å²) in [6, 6.07) is 13.9. The van der Waals surface area contributed by atoms with E-state index in [0.29, 0.717) is 36.8 Å². The zero-order valence-electron chi connectivity index (χ0n) is 19.9. The van der Waals surface area contributed by atoms with Gasteiger partial charge in [-0.05, 0) is 30.9 Å². The number of nitrogens with one attached hydrogen (secondary N) is 1. The fourth-order valence-electron chi connectivity index (χ4n) is 5.06. The third-order valence-electron chi connectivity index (χ3n) is 6.83. The van der Waals surface area contributed by atoms with E-state index in [2.05, 4.69) is 24.1 Å². The second-order valence-corrected chi connectivity index (χ2v) is 10.7. The van der Waals surface area contributed by atoms with Crippen molar-refractivity contribution >= 4 is 55.4 Å². The number of nitrogen functional groups attached to an aromatic ring is 1. The predicted octanol–water partition coefficient (Wildman–Crippen LogP) is 4.97. The number of pyridine rings is 1. The van der Waals surface area contributed by atoms with E-state index in [0.717, 1.165) is 56.7 Å². The fourth-order valence-corrected chi connectivity index (χ4v) is 6.08. The molecule has 0 aliphatic carbocycles. The van der Waals surface area contributed by atoms with E-state index in [4.69, 9.17) is 20.2 Å². The van der Waals surface area contributed by atoms with E-state index >= 15 is 0 Å². The zero-order valence-corrected chi connectivity index (χ0v) is 20.7. The first kappa shape index (κ1) is 22.3. The average Bonchev–Trinajstić information content (AvgIpc) is 3.20. The Kier molecular flexibility index (Phi) is 5.40. The zero-order chi connectivity index (χ0) is 24.2. The van der Waals surface area contributed by atoms with Crippen LogP contribution >= 0.6 is 11.3 Å². The molecule has 3 N–H and O–H groups in total. The number of ether oxygens (including phenoxy) is 2. The summed E-state index contributed by atoms with van der Waals surface area (Å²) in [6.45, 7) is 7.57. The molecule has 2 aromatic carbocycles. The molecule has 4 aromatic rings. The monoisotopic (exact) mass is 488 g/mol. The number of hydrogen-bond donors (Lipinski definition) is 2. The number of fused-ring (bicyclic) bond motifs is 4. The second kappa shape index (κ2) is 8.48. The number of benzene rings is 2. The maximum Gasteiger partial charge on any atom is 0.267 e. The summed E-state index contributed by atoms with van der Waals surface area (Å²) < 4.78 is 11.7. The summed E-state index contributed by atoms with van der Waals surface area (Å²) >= 11 is 1.36. The van der Waals surface area contributed by atoms with Crippen molar-refractivity contribution < 1.29 is 14.3 Å². The number of carbonyl (C=O) groups is 1. The molecule has 1 fully saturated rings. The molecule has 35 heavy (non-hydrogen) atoms. The molecule has 2 aliphatic heterocycles. The van der Waals surface area contributed by atoms with E-state index in [1.54, 1.807) is 0 Å². The van der Waals surface area contributed by atoms with Gasteiger partial charge in [-0.2, -0.15) is 0 Å². The Balaban J connectivity index is 1.45. The molecule has 0 radical (unpaired) electrons. The smallest absolute Gasteiger partial charge is 0.267 e. The van der Waals surface area contributed by atoms with Crippen molar-refractivity contribution in [1.29, 1.82) is 0 Å². The van der Waals surface area contributed by atoms with E-state index in [9.17, 15) is 4.79 Å². The molecule has 180 valence electrons. The molecular formula is C27H28N4O3S. The lowest BCUT2D eigenvalue weighted by molar-refractivity contribution is -0.0396. The first-order valence-corrected chi connectivity index (χ1v) is 12.7. The van der Waals surface area contributed by atoms with Crippen LogP contribution in [0.4, 0.5) is 17.2 Å². The van der Waals surface area contributed by atoms with Crippen LogP contribution in [0.1, 0.15) is 34.6 Å². The highest BCUT2D eigenvalue weighted by Crippen LogP contribution is 2.44. The molecule has 0 bridgehead atoms. The van der Waals surface area contributed by atoms with Crippen LogP contribution in [-0.2, 0) is 22.5 Å². The Morgan fingerprint density at radius 3 is 2.71 bits per heavy atom. The standard InChI is InChI=1S/C27H28N4O3S/c1-27(2)14-18-19(15-34-27)24(31-10-12-33-13-11-31)30-26-21(18)22(28)23(35-26)25(32)29-20-9-5-7-16-6-3-4-8-17(16)20/h3-9H,10-15,28H2,1-2H3,(H,29,32). The fraction of sp³-hybridized carbons (Fsp3) is 0.333. The number of amides is 1. The topological polar surface area (TPSA) is 89.7 Å². The lowest BCUT2D eigenvalue weighted by atomic mass is 9.89. The number of morpholine rings is 1. The molecule has 0 atom stereocenters. The molecule has 0 spiro atoms. The van der Waals surface area contributed by atoms with Gasteiger partial charge < -0.3 is 25.4 Å². The molecule has 1 amide bonds. The van der Waals surface area contributed by atoms with Gasteiger partial charge in [-0.3, -0.25) is 4.79 Å².